The first-order chi connectivity index (χ1) is 9.92. The molecule has 1 fully saturated rings. The highest BCUT2D eigenvalue weighted by Gasteiger charge is 2.29. The first-order valence-electron chi connectivity index (χ1n) is 6.82. The number of nitrogens with one attached hydrogen (secondary N) is 1. The highest BCUT2D eigenvalue weighted by atomic mass is 35.7. The Hall–Kier alpha value is -1.27. The zero-order valence-electron chi connectivity index (χ0n) is 11.5. The van der Waals surface area contributed by atoms with E-state index in [0.29, 0.717) is 6.42 Å². The maximum absolute atomic E-state index is 11.7. The van der Waals surface area contributed by atoms with Gasteiger partial charge in [0.05, 0.1) is 5.75 Å². The number of hydrogen-bond donors (Lipinski definition) is 1. The van der Waals surface area contributed by atoms with Crippen LogP contribution in [0.5, 0.6) is 0 Å². The summed E-state index contributed by atoms with van der Waals surface area (Å²) in [5.41, 5.74) is 0.921. The van der Waals surface area contributed by atoms with E-state index in [1.54, 1.807) is 0 Å². The van der Waals surface area contributed by atoms with Gasteiger partial charge in [0, 0.05) is 16.7 Å². The lowest BCUT2D eigenvalue weighted by Gasteiger charge is -2.13. The Bertz CT molecular complexity index is 576. The lowest BCUT2D eigenvalue weighted by Crippen LogP contribution is -2.33. The number of alkyl carbamates (subject to hydrolysis) is 1. The third kappa shape index (κ3) is 5.93. The molecule has 1 saturated carbocycles. The maximum atomic E-state index is 11.7. The summed E-state index contributed by atoms with van der Waals surface area (Å²) in [6.07, 6.45) is 1.64. The van der Waals surface area contributed by atoms with Gasteiger partial charge in [-0.2, -0.15) is 0 Å². The summed E-state index contributed by atoms with van der Waals surface area (Å²) in [5, 5.41) is 2.77. The van der Waals surface area contributed by atoms with Gasteiger partial charge in [0.2, 0.25) is 9.05 Å². The van der Waals surface area contributed by atoms with Crippen LogP contribution in [0, 0.1) is 5.92 Å². The molecule has 0 bridgehead atoms. The largest absolute Gasteiger partial charge is 0.445 e. The fourth-order valence-electron chi connectivity index (χ4n) is 2.57. The molecule has 2 rings (SSSR count). The van der Waals surface area contributed by atoms with Gasteiger partial charge < -0.3 is 10.1 Å². The molecule has 7 heteroatoms. The molecule has 0 unspecified atom stereocenters. The maximum Gasteiger partial charge on any atom is 0.407 e. The number of ether oxygens (including phenoxy) is 1. The average molecular weight is 332 g/mol. The molecule has 1 aromatic carbocycles. The topological polar surface area (TPSA) is 72.5 Å². The predicted octanol–water partition coefficient (Wildman–Crippen LogP) is 2.65. The van der Waals surface area contributed by atoms with Crippen LogP contribution in [-0.4, -0.2) is 26.3 Å². The quantitative estimate of drug-likeness (QED) is 0.842. The smallest absolute Gasteiger partial charge is 0.407 e. The number of halogens is 1. The average Bonchev–Trinajstić information content (AvgIpc) is 2.82. The van der Waals surface area contributed by atoms with Crippen LogP contribution in [0.3, 0.4) is 0 Å². The van der Waals surface area contributed by atoms with Gasteiger partial charge in [-0.25, -0.2) is 13.2 Å². The van der Waals surface area contributed by atoms with E-state index in [4.69, 9.17) is 15.4 Å². The second-order valence-electron chi connectivity index (χ2n) is 5.29. The third-order valence-electron chi connectivity index (χ3n) is 3.51. The number of amides is 1. The zero-order valence-corrected chi connectivity index (χ0v) is 13.1. The predicted molar refractivity (Wildman–Crippen MR) is 80.5 cm³/mol. The molecule has 0 spiro atoms. The molecule has 0 aromatic heterocycles. The van der Waals surface area contributed by atoms with Crippen molar-refractivity contribution < 1.29 is 17.9 Å². The fraction of sp³-hybridized carbons (Fsp3) is 0.500. The van der Waals surface area contributed by atoms with Crippen LogP contribution in [0.15, 0.2) is 30.3 Å². The van der Waals surface area contributed by atoms with E-state index in [1.807, 2.05) is 30.3 Å². The van der Waals surface area contributed by atoms with Crippen LogP contribution in [0.25, 0.3) is 0 Å². The fourth-order valence-corrected chi connectivity index (χ4v) is 3.97. The van der Waals surface area contributed by atoms with Crippen molar-refractivity contribution in [2.75, 3.05) is 5.75 Å². The molecule has 1 aliphatic rings. The SMILES string of the molecule is O=C(N[C@H]1CC[C@@H](CS(=O)(=O)Cl)C1)OCc1ccccc1. The van der Waals surface area contributed by atoms with Crippen molar-refractivity contribution in [3.8, 4) is 0 Å². The minimum absolute atomic E-state index is 0.00641. The molecule has 1 aromatic rings. The van der Waals surface area contributed by atoms with Crippen molar-refractivity contribution in [2.24, 2.45) is 5.92 Å². The Labute approximate surface area is 129 Å². The lowest BCUT2D eigenvalue weighted by molar-refractivity contribution is 0.135. The van der Waals surface area contributed by atoms with Gasteiger partial charge in [0.15, 0.2) is 0 Å². The first kappa shape index (κ1) is 16.1. The van der Waals surface area contributed by atoms with Crippen LogP contribution in [0.1, 0.15) is 24.8 Å². The first-order valence-corrected chi connectivity index (χ1v) is 9.30. The van der Waals surface area contributed by atoms with Gasteiger partial charge in [-0.05, 0) is 30.7 Å². The molecular weight excluding hydrogens is 314 g/mol. The van der Waals surface area contributed by atoms with E-state index in [2.05, 4.69) is 5.32 Å². The van der Waals surface area contributed by atoms with E-state index >= 15 is 0 Å². The summed E-state index contributed by atoms with van der Waals surface area (Å²) in [6, 6.07) is 9.37. The van der Waals surface area contributed by atoms with E-state index in [0.717, 1.165) is 18.4 Å². The Balaban J connectivity index is 1.72. The van der Waals surface area contributed by atoms with E-state index < -0.39 is 15.1 Å². The number of carbonyl (C=O) groups is 1. The summed E-state index contributed by atoms with van der Waals surface area (Å²) in [5.74, 6) is -0.0295. The van der Waals surface area contributed by atoms with Gasteiger partial charge >= 0.3 is 6.09 Å². The summed E-state index contributed by atoms with van der Waals surface area (Å²) in [7, 11) is 1.77. The van der Waals surface area contributed by atoms with Gasteiger partial charge in [0.25, 0.3) is 0 Å². The lowest BCUT2D eigenvalue weighted by atomic mass is 10.1. The monoisotopic (exact) mass is 331 g/mol. The molecule has 21 heavy (non-hydrogen) atoms. The van der Waals surface area contributed by atoms with Gasteiger partial charge in [-0.1, -0.05) is 30.3 Å². The molecule has 0 radical (unpaired) electrons. The van der Waals surface area contributed by atoms with E-state index in [-0.39, 0.29) is 24.3 Å². The van der Waals surface area contributed by atoms with Crippen molar-refractivity contribution in [1.29, 1.82) is 0 Å². The standard InChI is InChI=1S/C14H18ClNO4S/c15-21(18,19)10-12-6-7-13(8-12)16-14(17)20-9-11-4-2-1-3-5-11/h1-5,12-13H,6-10H2,(H,16,17)/t12-,13+/m1/s1. The molecule has 1 N–H and O–H groups in total. The minimum atomic E-state index is -3.48. The van der Waals surface area contributed by atoms with Gasteiger partial charge in [-0.15, -0.1) is 0 Å². The Morgan fingerprint density at radius 2 is 2.00 bits per heavy atom. The van der Waals surface area contributed by atoms with Crippen LogP contribution >= 0.6 is 10.7 Å². The number of hydrogen-bond acceptors (Lipinski definition) is 4. The van der Waals surface area contributed by atoms with Crippen molar-refractivity contribution in [3.63, 3.8) is 0 Å². The molecule has 1 aliphatic carbocycles. The number of benzene rings is 1. The van der Waals surface area contributed by atoms with E-state index in [1.165, 1.54) is 0 Å². The van der Waals surface area contributed by atoms with Gasteiger partial charge in [-0.3, -0.25) is 0 Å². The zero-order chi connectivity index (χ0) is 15.3. The summed E-state index contributed by atoms with van der Waals surface area (Å²) < 4.78 is 27.2. The molecule has 2 atom stereocenters. The van der Waals surface area contributed by atoms with Gasteiger partial charge in [0.1, 0.15) is 6.61 Å². The molecule has 0 aliphatic heterocycles. The Morgan fingerprint density at radius 1 is 1.29 bits per heavy atom. The number of rotatable bonds is 5. The molecule has 116 valence electrons. The highest BCUT2D eigenvalue weighted by molar-refractivity contribution is 8.13. The Morgan fingerprint density at radius 3 is 2.67 bits per heavy atom. The van der Waals surface area contributed by atoms with Crippen molar-refractivity contribution >= 4 is 25.8 Å². The van der Waals surface area contributed by atoms with Crippen LogP contribution in [0.2, 0.25) is 0 Å². The second-order valence-corrected chi connectivity index (χ2v) is 8.11. The number of carbonyl (C=O) groups excluding carboxylic acids is 1. The van der Waals surface area contributed by atoms with Crippen LogP contribution in [-0.2, 0) is 20.4 Å². The molecule has 5 nitrogen and oxygen atoms in total. The third-order valence-corrected chi connectivity index (χ3v) is 4.76. The molecule has 0 heterocycles. The summed E-state index contributed by atoms with van der Waals surface area (Å²) >= 11 is 0. The molecular formula is C14H18ClNO4S. The summed E-state index contributed by atoms with van der Waals surface area (Å²) in [6.45, 7) is 0.221. The normalized spacial score (nSPS) is 22.0. The highest BCUT2D eigenvalue weighted by Crippen LogP contribution is 2.27. The van der Waals surface area contributed by atoms with Crippen molar-refractivity contribution in [3.05, 3.63) is 35.9 Å². The van der Waals surface area contributed by atoms with Crippen LogP contribution < -0.4 is 5.32 Å². The minimum Gasteiger partial charge on any atom is -0.445 e. The summed E-state index contributed by atoms with van der Waals surface area (Å²) in [4.78, 5) is 11.7. The Kier molecular flexibility index (Phi) is 5.47. The molecule has 1 amide bonds. The van der Waals surface area contributed by atoms with Crippen LogP contribution in [0.4, 0.5) is 4.79 Å². The molecule has 0 saturated heterocycles. The van der Waals surface area contributed by atoms with E-state index in [9.17, 15) is 13.2 Å². The van der Waals surface area contributed by atoms with Crippen molar-refractivity contribution in [2.45, 2.75) is 31.9 Å². The van der Waals surface area contributed by atoms with Crippen molar-refractivity contribution in [1.82, 2.24) is 5.32 Å². The second kappa shape index (κ2) is 7.13.